The van der Waals surface area contributed by atoms with Crippen LogP contribution in [0.25, 0.3) is 10.9 Å². The van der Waals surface area contributed by atoms with Crippen molar-refractivity contribution in [3.63, 3.8) is 0 Å². The number of nitrogens with two attached hydrogens (primary N) is 1. The molecule has 0 fully saturated rings. The van der Waals surface area contributed by atoms with Gasteiger partial charge in [-0.3, -0.25) is 0 Å². The molecule has 0 radical (unpaired) electrons. The zero-order valence-electron chi connectivity index (χ0n) is 12.1. The highest BCUT2D eigenvalue weighted by molar-refractivity contribution is 7.89. The number of hydrogen-bond acceptors (Lipinski definition) is 4. The van der Waals surface area contributed by atoms with Gasteiger partial charge < -0.3 is 15.8 Å². The number of aromatic nitrogens is 1. The summed E-state index contributed by atoms with van der Waals surface area (Å²) in [6.07, 6.45) is 2.01. The highest BCUT2D eigenvalue weighted by Gasteiger charge is 2.23. The van der Waals surface area contributed by atoms with Crippen molar-refractivity contribution in [1.82, 2.24) is 9.71 Å². The molecule has 0 aliphatic rings. The van der Waals surface area contributed by atoms with Gasteiger partial charge in [0, 0.05) is 28.8 Å². The Labute approximate surface area is 124 Å². The van der Waals surface area contributed by atoms with Crippen molar-refractivity contribution in [3.05, 3.63) is 24.4 Å². The topological polar surface area (TPSA) is 108 Å². The van der Waals surface area contributed by atoms with Crippen LogP contribution in [0.2, 0.25) is 0 Å². The number of nitrogens with one attached hydrogen (secondary N) is 2. The summed E-state index contributed by atoms with van der Waals surface area (Å²) in [7, 11) is -3.71. The minimum absolute atomic E-state index is 0.145. The van der Waals surface area contributed by atoms with Crippen LogP contribution in [0.15, 0.2) is 29.3 Å². The maximum Gasteiger partial charge on any atom is 0.243 e. The van der Waals surface area contributed by atoms with Gasteiger partial charge in [0.1, 0.15) is 4.90 Å². The van der Waals surface area contributed by atoms with Crippen molar-refractivity contribution in [2.24, 2.45) is 5.92 Å². The summed E-state index contributed by atoms with van der Waals surface area (Å²) < 4.78 is 27.5. The fraction of sp³-hybridized carbons (Fsp3) is 0.429. The first-order chi connectivity index (χ1) is 9.83. The quantitative estimate of drug-likeness (QED) is 0.605. The van der Waals surface area contributed by atoms with Gasteiger partial charge in [-0.1, -0.05) is 13.8 Å². The van der Waals surface area contributed by atoms with E-state index in [-0.39, 0.29) is 17.4 Å². The Balaban J connectivity index is 2.35. The van der Waals surface area contributed by atoms with Crippen molar-refractivity contribution in [2.45, 2.75) is 31.2 Å². The van der Waals surface area contributed by atoms with E-state index in [0.29, 0.717) is 23.0 Å². The van der Waals surface area contributed by atoms with Crippen LogP contribution in [0.5, 0.6) is 0 Å². The number of aromatic amines is 1. The lowest BCUT2D eigenvalue weighted by Gasteiger charge is -2.18. The first kappa shape index (κ1) is 15.8. The number of fused-ring (bicyclic) bond motifs is 1. The van der Waals surface area contributed by atoms with Crippen molar-refractivity contribution >= 4 is 26.6 Å². The molecule has 1 aromatic carbocycles. The van der Waals surface area contributed by atoms with Gasteiger partial charge in [0.15, 0.2) is 0 Å². The van der Waals surface area contributed by atoms with Gasteiger partial charge in [-0.25, -0.2) is 13.1 Å². The fourth-order valence-corrected chi connectivity index (χ4v) is 3.76. The molecule has 0 bridgehead atoms. The summed E-state index contributed by atoms with van der Waals surface area (Å²) >= 11 is 0. The Hall–Kier alpha value is -1.57. The molecule has 5 N–H and O–H groups in total. The third-order valence-corrected chi connectivity index (χ3v) is 4.82. The third-order valence-electron chi connectivity index (χ3n) is 3.26. The van der Waals surface area contributed by atoms with Crippen molar-refractivity contribution in [1.29, 1.82) is 0 Å². The summed E-state index contributed by atoms with van der Waals surface area (Å²) in [6.45, 7) is 3.72. The fourth-order valence-electron chi connectivity index (χ4n) is 2.35. The summed E-state index contributed by atoms with van der Waals surface area (Å²) in [5.41, 5.74) is 6.92. The second-order valence-electron chi connectivity index (χ2n) is 5.59. The highest BCUT2D eigenvalue weighted by atomic mass is 32.2. The molecular formula is C14H21N3O3S. The molecule has 2 aromatic rings. The number of benzene rings is 1. The van der Waals surface area contributed by atoms with Crippen LogP contribution in [-0.4, -0.2) is 31.2 Å². The second-order valence-corrected chi connectivity index (χ2v) is 7.27. The standard InChI is InChI=1S/C14H21N3O3S/c1-9(2)5-11(8-18)17-21(19,20)14-7-16-13-4-3-10(15)6-12(13)14/h3-4,6-7,9,11,16-18H,5,8,15H2,1-2H3. The van der Waals surface area contributed by atoms with Crippen LogP contribution >= 0.6 is 0 Å². The maximum absolute atomic E-state index is 12.5. The smallest absolute Gasteiger partial charge is 0.243 e. The average molecular weight is 311 g/mol. The second kappa shape index (κ2) is 6.05. The molecule has 1 aromatic heterocycles. The van der Waals surface area contributed by atoms with Crippen LogP contribution in [0.4, 0.5) is 5.69 Å². The van der Waals surface area contributed by atoms with Crippen LogP contribution < -0.4 is 10.5 Å². The predicted molar refractivity (Wildman–Crippen MR) is 83.4 cm³/mol. The normalized spacial score (nSPS) is 13.9. The molecule has 0 aliphatic carbocycles. The van der Waals surface area contributed by atoms with E-state index in [1.54, 1.807) is 18.2 Å². The van der Waals surface area contributed by atoms with Gasteiger partial charge in [-0.2, -0.15) is 0 Å². The lowest BCUT2D eigenvalue weighted by Crippen LogP contribution is -2.38. The zero-order valence-corrected chi connectivity index (χ0v) is 12.9. The number of sulfonamides is 1. The molecule has 0 spiro atoms. The molecule has 2 rings (SSSR count). The van der Waals surface area contributed by atoms with E-state index in [4.69, 9.17) is 5.73 Å². The number of hydrogen-bond donors (Lipinski definition) is 4. The van der Waals surface area contributed by atoms with E-state index in [2.05, 4.69) is 9.71 Å². The number of H-pyrrole nitrogens is 1. The molecule has 0 amide bonds. The number of aliphatic hydroxyl groups is 1. The molecule has 116 valence electrons. The Morgan fingerprint density at radius 1 is 1.38 bits per heavy atom. The SMILES string of the molecule is CC(C)CC(CO)NS(=O)(=O)c1c[nH]c2ccc(N)cc12. The number of rotatable bonds is 6. The molecule has 1 heterocycles. The van der Waals surface area contributed by atoms with E-state index in [0.717, 1.165) is 0 Å². The minimum Gasteiger partial charge on any atom is -0.399 e. The third kappa shape index (κ3) is 3.55. The lowest BCUT2D eigenvalue weighted by molar-refractivity contribution is 0.240. The van der Waals surface area contributed by atoms with Gasteiger partial charge in [0.25, 0.3) is 0 Å². The molecule has 7 heteroatoms. The van der Waals surface area contributed by atoms with E-state index in [1.807, 2.05) is 13.8 Å². The first-order valence-electron chi connectivity index (χ1n) is 6.83. The van der Waals surface area contributed by atoms with Gasteiger partial charge in [0.2, 0.25) is 10.0 Å². The zero-order chi connectivity index (χ0) is 15.6. The molecule has 0 aliphatic heterocycles. The van der Waals surface area contributed by atoms with E-state index in [9.17, 15) is 13.5 Å². The first-order valence-corrected chi connectivity index (χ1v) is 8.31. The largest absolute Gasteiger partial charge is 0.399 e. The summed E-state index contributed by atoms with van der Waals surface area (Å²) in [5.74, 6) is 0.281. The predicted octanol–water partition coefficient (Wildman–Crippen LogP) is 1.44. The summed E-state index contributed by atoms with van der Waals surface area (Å²) in [5, 5.41) is 9.88. The average Bonchev–Trinajstić information content (AvgIpc) is 2.80. The van der Waals surface area contributed by atoms with Crippen LogP contribution in [0, 0.1) is 5.92 Å². The van der Waals surface area contributed by atoms with Crippen molar-refractivity contribution in [2.75, 3.05) is 12.3 Å². The Morgan fingerprint density at radius 2 is 2.10 bits per heavy atom. The van der Waals surface area contributed by atoms with Crippen LogP contribution in [-0.2, 0) is 10.0 Å². The van der Waals surface area contributed by atoms with Crippen LogP contribution in [0.1, 0.15) is 20.3 Å². The summed E-state index contributed by atoms with van der Waals surface area (Å²) in [4.78, 5) is 3.06. The monoisotopic (exact) mass is 311 g/mol. The maximum atomic E-state index is 12.5. The molecular weight excluding hydrogens is 290 g/mol. The number of anilines is 1. The van der Waals surface area contributed by atoms with Gasteiger partial charge in [-0.15, -0.1) is 0 Å². The van der Waals surface area contributed by atoms with E-state index < -0.39 is 16.1 Å². The number of aliphatic hydroxyl groups excluding tert-OH is 1. The minimum atomic E-state index is -3.71. The number of nitrogen functional groups attached to an aromatic ring is 1. The Kier molecular flexibility index (Phi) is 4.55. The van der Waals surface area contributed by atoms with E-state index in [1.165, 1.54) is 6.20 Å². The van der Waals surface area contributed by atoms with Gasteiger partial charge in [-0.05, 0) is 30.5 Å². The Bertz CT molecular complexity index is 722. The molecule has 1 atom stereocenters. The van der Waals surface area contributed by atoms with Gasteiger partial charge >= 0.3 is 0 Å². The molecule has 0 saturated heterocycles. The highest BCUT2D eigenvalue weighted by Crippen LogP contribution is 2.25. The molecule has 1 unspecified atom stereocenters. The summed E-state index contributed by atoms with van der Waals surface area (Å²) in [6, 6.07) is 4.57. The van der Waals surface area contributed by atoms with E-state index >= 15 is 0 Å². The van der Waals surface area contributed by atoms with Crippen LogP contribution in [0.3, 0.4) is 0 Å². The lowest BCUT2D eigenvalue weighted by atomic mass is 10.1. The van der Waals surface area contributed by atoms with Gasteiger partial charge in [0.05, 0.1) is 6.61 Å². The Morgan fingerprint density at radius 3 is 2.71 bits per heavy atom. The van der Waals surface area contributed by atoms with Crippen molar-refractivity contribution < 1.29 is 13.5 Å². The molecule has 0 saturated carbocycles. The van der Waals surface area contributed by atoms with Crippen molar-refractivity contribution in [3.8, 4) is 0 Å². The molecule has 21 heavy (non-hydrogen) atoms. The molecule has 6 nitrogen and oxygen atoms in total.